The minimum atomic E-state index is -3.71. The Morgan fingerprint density at radius 3 is 2.80 bits per heavy atom. The Labute approximate surface area is 178 Å². The topological polar surface area (TPSA) is 82.9 Å². The van der Waals surface area contributed by atoms with Crippen molar-refractivity contribution in [2.45, 2.75) is 30.3 Å². The number of amidine groups is 1. The van der Waals surface area contributed by atoms with Gasteiger partial charge in [0.1, 0.15) is 15.9 Å². The van der Waals surface area contributed by atoms with Gasteiger partial charge in [-0.15, -0.1) is 15.7 Å². The van der Waals surface area contributed by atoms with Crippen LogP contribution in [0.5, 0.6) is 0 Å². The SMILES string of the molecule is CN(Cc1nc2ccccc2s1)C(=O)[C@@H]1CCCN1C1=NS(=O)(=O)c2ccccc21. The lowest BCUT2D eigenvalue weighted by Crippen LogP contribution is -2.46. The fourth-order valence-corrected chi connectivity index (χ4v) is 6.33. The summed E-state index contributed by atoms with van der Waals surface area (Å²) in [7, 11) is -1.94. The van der Waals surface area contributed by atoms with Crippen LogP contribution in [0.25, 0.3) is 10.2 Å². The molecule has 7 nitrogen and oxygen atoms in total. The quantitative estimate of drug-likeness (QED) is 0.625. The summed E-state index contributed by atoms with van der Waals surface area (Å²) in [6.45, 7) is 1.03. The molecule has 0 unspecified atom stereocenters. The first-order valence-electron chi connectivity index (χ1n) is 9.74. The number of aromatic nitrogens is 1. The van der Waals surface area contributed by atoms with Crippen LogP contribution in [0.2, 0.25) is 0 Å². The number of rotatable bonds is 3. The second kappa shape index (κ2) is 7.17. The highest BCUT2D eigenvalue weighted by Gasteiger charge is 2.40. The lowest BCUT2D eigenvalue weighted by molar-refractivity contribution is -0.134. The van der Waals surface area contributed by atoms with E-state index < -0.39 is 16.1 Å². The molecule has 2 aliphatic rings. The van der Waals surface area contributed by atoms with Crippen molar-refractivity contribution in [2.75, 3.05) is 13.6 Å². The summed E-state index contributed by atoms with van der Waals surface area (Å²) in [5, 5.41) is 0.878. The molecule has 0 spiro atoms. The first-order chi connectivity index (χ1) is 14.4. The number of carbonyl (C=O) groups is 1. The van der Waals surface area contributed by atoms with Gasteiger partial charge in [0.25, 0.3) is 10.0 Å². The molecule has 30 heavy (non-hydrogen) atoms. The van der Waals surface area contributed by atoms with E-state index in [0.29, 0.717) is 30.9 Å². The number of thiazole rings is 1. The molecule has 1 aromatic heterocycles. The predicted octanol–water partition coefficient (Wildman–Crippen LogP) is 2.87. The van der Waals surface area contributed by atoms with Crippen LogP contribution in [0.3, 0.4) is 0 Å². The van der Waals surface area contributed by atoms with E-state index in [0.717, 1.165) is 21.6 Å². The summed E-state index contributed by atoms with van der Waals surface area (Å²) in [6.07, 6.45) is 1.48. The zero-order valence-electron chi connectivity index (χ0n) is 16.4. The lowest BCUT2D eigenvalue weighted by Gasteiger charge is -2.29. The number of carbonyl (C=O) groups excluding carboxylic acids is 1. The molecule has 5 rings (SSSR count). The van der Waals surface area contributed by atoms with E-state index in [1.165, 1.54) is 0 Å². The van der Waals surface area contributed by atoms with Crippen LogP contribution < -0.4 is 0 Å². The van der Waals surface area contributed by atoms with Crippen molar-refractivity contribution < 1.29 is 13.2 Å². The van der Waals surface area contributed by atoms with Crippen molar-refractivity contribution in [2.24, 2.45) is 4.40 Å². The van der Waals surface area contributed by atoms with Gasteiger partial charge in [-0.2, -0.15) is 8.42 Å². The van der Waals surface area contributed by atoms with Crippen molar-refractivity contribution >= 4 is 43.3 Å². The molecule has 0 saturated carbocycles. The molecular weight excluding hydrogens is 420 g/mol. The Morgan fingerprint density at radius 2 is 1.97 bits per heavy atom. The van der Waals surface area contributed by atoms with Gasteiger partial charge in [-0.3, -0.25) is 4.79 Å². The van der Waals surface area contributed by atoms with Crippen LogP contribution in [-0.4, -0.2) is 54.6 Å². The van der Waals surface area contributed by atoms with Gasteiger partial charge in [0, 0.05) is 19.2 Å². The fourth-order valence-electron chi connectivity index (χ4n) is 4.10. The van der Waals surface area contributed by atoms with E-state index in [1.54, 1.807) is 47.5 Å². The average molecular weight is 441 g/mol. The third-order valence-electron chi connectivity index (χ3n) is 5.51. The molecule has 1 saturated heterocycles. The first-order valence-corrected chi connectivity index (χ1v) is 12.0. The number of hydrogen-bond donors (Lipinski definition) is 0. The molecule has 2 aliphatic heterocycles. The first kappa shape index (κ1) is 19.2. The molecule has 2 aromatic carbocycles. The fraction of sp³-hybridized carbons (Fsp3) is 0.286. The molecule has 3 aromatic rings. The van der Waals surface area contributed by atoms with Crippen LogP contribution in [0, 0.1) is 0 Å². The Hall–Kier alpha value is -2.78. The molecule has 0 aliphatic carbocycles. The smallest absolute Gasteiger partial charge is 0.285 e. The van der Waals surface area contributed by atoms with Gasteiger partial charge in [-0.1, -0.05) is 24.3 Å². The molecule has 9 heteroatoms. The number of amides is 1. The highest BCUT2D eigenvalue weighted by atomic mass is 32.2. The van der Waals surface area contributed by atoms with Gasteiger partial charge < -0.3 is 9.80 Å². The molecule has 1 amide bonds. The second-order valence-corrected chi connectivity index (χ2v) is 10.2. The minimum absolute atomic E-state index is 0.0452. The van der Waals surface area contributed by atoms with E-state index in [4.69, 9.17) is 0 Å². The van der Waals surface area contributed by atoms with Crippen LogP contribution in [0.15, 0.2) is 57.8 Å². The number of likely N-dealkylation sites (N-methyl/N-ethyl adjacent to an activating group) is 1. The molecule has 1 fully saturated rings. The Balaban J connectivity index is 1.39. The van der Waals surface area contributed by atoms with Crippen molar-refractivity contribution in [3.8, 4) is 0 Å². The van der Waals surface area contributed by atoms with Gasteiger partial charge >= 0.3 is 0 Å². The van der Waals surface area contributed by atoms with Gasteiger partial charge in [0.05, 0.1) is 16.8 Å². The minimum Gasteiger partial charge on any atom is -0.343 e. The zero-order chi connectivity index (χ0) is 20.9. The maximum atomic E-state index is 13.3. The van der Waals surface area contributed by atoms with E-state index in [-0.39, 0.29) is 10.8 Å². The molecule has 0 bridgehead atoms. The average Bonchev–Trinajstić information content (AvgIpc) is 3.43. The maximum absolute atomic E-state index is 13.3. The van der Waals surface area contributed by atoms with E-state index >= 15 is 0 Å². The number of nitrogens with zero attached hydrogens (tertiary/aromatic N) is 4. The van der Waals surface area contributed by atoms with Crippen LogP contribution in [0.4, 0.5) is 0 Å². The molecule has 0 radical (unpaired) electrons. The van der Waals surface area contributed by atoms with Crippen LogP contribution in [0.1, 0.15) is 23.4 Å². The Morgan fingerprint density at radius 1 is 1.20 bits per heavy atom. The van der Waals surface area contributed by atoms with E-state index in [1.807, 2.05) is 29.2 Å². The predicted molar refractivity (Wildman–Crippen MR) is 116 cm³/mol. The number of likely N-dealkylation sites (tertiary alicyclic amines) is 1. The summed E-state index contributed by atoms with van der Waals surface area (Å²) in [6, 6.07) is 14.3. The van der Waals surface area contributed by atoms with Gasteiger partial charge in [0.2, 0.25) is 5.91 Å². The summed E-state index contributed by atoms with van der Waals surface area (Å²) in [5.41, 5.74) is 1.51. The van der Waals surface area contributed by atoms with Crippen molar-refractivity contribution in [3.05, 3.63) is 59.1 Å². The summed E-state index contributed by atoms with van der Waals surface area (Å²) >= 11 is 1.58. The monoisotopic (exact) mass is 440 g/mol. The zero-order valence-corrected chi connectivity index (χ0v) is 18.0. The molecular formula is C21H20N4O3S2. The van der Waals surface area contributed by atoms with Gasteiger partial charge in [-0.25, -0.2) is 4.98 Å². The van der Waals surface area contributed by atoms with Gasteiger partial charge in [-0.05, 0) is 37.1 Å². The molecule has 0 N–H and O–H groups in total. The largest absolute Gasteiger partial charge is 0.343 e. The highest BCUT2D eigenvalue weighted by molar-refractivity contribution is 7.90. The number of fused-ring (bicyclic) bond motifs is 2. The Kier molecular flexibility index (Phi) is 4.59. The summed E-state index contributed by atoms with van der Waals surface area (Å²) in [4.78, 5) is 21.6. The van der Waals surface area contributed by atoms with Crippen molar-refractivity contribution in [3.63, 3.8) is 0 Å². The molecule has 3 heterocycles. The van der Waals surface area contributed by atoms with Crippen LogP contribution in [-0.2, 0) is 21.4 Å². The normalized spacial score (nSPS) is 19.7. The third kappa shape index (κ3) is 3.18. The van der Waals surface area contributed by atoms with Crippen molar-refractivity contribution in [1.82, 2.24) is 14.8 Å². The Bertz CT molecular complexity index is 1250. The van der Waals surface area contributed by atoms with Gasteiger partial charge in [0.15, 0.2) is 5.84 Å². The highest BCUT2D eigenvalue weighted by Crippen LogP contribution is 2.32. The maximum Gasteiger partial charge on any atom is 0.285 e. The molecule has 1 atom stereocenters. The number of sulfonamides is 1. The van der Waals surface area contributed by atoms with Crippen LogP contribution >= 0.6 is 11.3 Å². The third-order valence-corrected chi connectivity index (χ3v) is 7.86. The summed E-state index contributed by atoms with van der Waals surface area (Å²) < 4.78 is 30.0. The number of para-hydroxylation sites is 1. The second-order valence-electron chi connectivity index (χ2n) is 7.51. The number of hydrogen-bond acceptors (Lipinski definition) is 6. The van der Waals surface area contributed by atoms with E-state index in [9.17, 15) is 13.2 Å². The number of benzene rings is 2. The van der Waals surface area contributed by atoms with Crippen molar-refractivity contribution in [1.29, 1.82) is 0 Å². The molecule has 154 valence electrons. The lowest BCUT2D eigenvalue weighted by atomic mass is 10.1. The summed E-state index contributed by atoms with van der Waals surface area (Å²) in [5.74, 6) is 0.339. The van der Waals surface area contributed by atoms with E-state index in [2.05, 4.69) is 9.38 Å². The standard InChI is InChI=1S/C21H20N4O3S2/c1-24(13-19-22-15-8-3-4-10-17(15)29-19)21(26)16-9-6-12-25(16)20-14-7-2-5-11-18(14)30(27,28)23-20/h2-5,7-8,10-11,16H,6,9,12-13H2,1H3/t16-/m0/s1.